The number of piperidine rings is 1. The first-order valence-electron chi connectivity index (χ1n) is 7.81. The first kappa shape index (κ1) is 16.4. The molecule has 1 aliphatic rings. The molecule has 0 spiro atoms. The molecule has 0 bridgehead atoms. The van der Waals surface area contributed by atoms with Crippen LogP contribution in [0.1, 0.15) is 18.5 Å². The third-order valence-electron chi connectivity index (χ3n) is 4.24. The highest BCUT2D eigenvalue weighted by Gasteiger charge is 2.22. The van der Waals surface area contributed by atoms with E-state index in [1.807, 2.05) is 41.6 Å². The van der Waals surface area contributed by atoms with Crippen LogP contribution in [0.3, 0.4) is 0 Å². The zero-order valence-corrected chi connectivity index (χ0v) is 14.7. The van der Waals surface area contributed by atoms with Gasteiger partial charge in [0, 0.05) is 24.0 Å². The van der Waals surface area contributed by atoms with Crippen molar-refractivity contribution in [2.45, 2.75) is 25.3 Å². The van der Waals surface area contributed by atoms with Crippen molar-refractivity contribution in [3.05, 3.63) is 40.4 Å². The molecule has 1 fully saturated rings. The van der Waals surface area contributed by atoms with Crippen molar-refractivity contribution in [1.29, 1.82) is 0 Å². The van der Waals surface area contributed by atoms with Gasteiger partial charge in [0.15, 0.2) is 0 Å². The van der Waals surface area contributed by atoms with Crippen molar-refractivity contribution in [2.75, 3.05) is 20.1 Å². The van der Waals surface area contributed by atoms with Crippen LogP contribution < -0.4 is 5.32 Å². The highest BCUT2D eigenvalue weighted by molar-refractivity contribution is 7.13. The van der Waals surface area contributed by atoms with Crippen molar-refractivity contribution in [3.8, 4) is 10.6 Å². The molecule has 122 valence electrons. The van der Waals surface area contributed by atoms with Gasteiger partial charge in [-0.05, 0) is 32.0 Å². The molecule has 4 nitrogen and oxygen atoms in total. The van der Waals surface area contributed by atoms with Gasteiger partial charge in [0.2, 0.25) is 5.91 Å². The molecule has 1 aromatic heterocycles. The topological polar surface area (TPSA) is 45.2 Å². The molecule has 0 unspecified atom stereocenters. The van der Waals surface area contributed by atoms with E-state index in [2.05, 4.69) is 10.3 Å². The summed E-state index contributed by atoms with van der Waals surface area (Å²) in [5.41, 5.74) is 1.74. The van der Waals surface area contributed by atoms with Gasteiger partial charge >= 0.3 is 0 Å². The van der Waals surface area contributed by atoms with Gasteiger partial charge in [0.05, 0.1) is 17.1 Å². The minimum absolute atomic E-state index is 0.132. The molecule has 1 aromatic carbocycles. The SMILES string of the molecule is CN(C(=O)Cc1csc(-c2ccccc2Cl)n1)C1CCNCC1. The van der Waals surface area contributed by atoms with Gasteiger partial charge in [-0.1, -0.05) is 29.8 Å². The molecule has 2 heterocycles. The van der Waals surface area contributed by atoms with Gasteiger partial charge in [-0.2, -0.15) is 0 Å². The van der Waals surface area contributed by atoms with E-state index in [1.165, 1.54) is 11.3 Å². The average Bonchev–Trinajstić information content (AvgIpc) is 3.03. The van der Waals surface area contributed by atoms with Crippen LogP contribution in [0, 0.1) is 0 Å². The molecule has 0 aliphatic carbocycles. The third-order valence-corrected chi connectivity index (χ3v) is 5.49. The molecule has 0 radical (unpaired) electrons. The Morgan fingerprint density at radius 2 is 2.13 bits per heavy atom. The van der Waals surface area contributed by atoms with Crippen LogP contribution in [0.15, 0.2) is 29.6 Å². The Morgan fingerprint density at radius 3 is 2.87 bits per heavy atom. The first-order chi connectivity index (χ1) is 11.1. The lowest BCUT2D eigenvalue weighted by Gasteiger charge is -2.31. The Kier molecular flexibility index (Phi) is 5.30. The van der Waals surface area contributed by atoms with Crippen LogP contribution in [0.2, 0.25) is 5.02 Å². The number of nitrogens with zero attached hydrogens (tertiary/aromatic N) is 2. The molecule has 6 heteroatoms. The van der Waals surface area contributed by atoms with Crippen LogP contribution >= 0.6 is 22.9 Å². The lowest BCUT2D eigenvalue weighted by molar-refractivity contribution is -0.131. The van der Waals surface area contributed by atoms with Gasteiger partial charge in [-0.15, -0.1) is 11.3 Å². The minimum atomic E-state index is 0.132. The van der Waals surface area contributed by atoms with Gasteiger partial charge in [-0.25, -0.2) is 4.98 Å². The molecule has 23 heavy (non-hydrogen) atoms. The Hall–Kier alpha value is -1.43. The monoisotopic (exact) mass is 349 g/mol. The zero-order valence-electron chi connectivity index (χ0n) is 13.1. The third kappa shape index (κ3) is 3.91. The first-order valence-corrected chi connectivity index (χ1v) is 9.06. The molecule has 3 rings (SSSR count). The maximum atomic E-state index is 12.5. The molecule has 1 saturated heterocycles. The van der Waals surface area contributed by atoms with E-state index in [0.29, 0.717) is 17.5 Å². The Morgan fingerprint density at radius 1 is 1.39 bits per heavy atom. The van der Waals surface area contributed by atoms with Crippen molar-refractivity contribution >= 4 is 28.8 Å². The van der Waals surface area contributed by atoms with Crippen molar-refractivity contribution in [2.24, 2.45) is 0 Å². The summed E-state index contributed by atoms with van der Waals surface area (Å²) < 4.78 is 0. The summed E-state index contributed by atoms with van der Waals surface area (Å²) in [6.07, 6.45) is 2.38. The van der Waals surface area contributed by atoms with Crippen LogP contribution in [0.4, 0.5) is 0 Å². The van der Waals surface area contributed by atoms with Gasteiger partial charge in [0.25, 0.3) is 0 Å². The number of aromatic nitrogens is 1. The number of rotatable bonds is 4. The molecular formula is C17H20ClN3OS. The fourth-order valence-electron chi connectivity index (χ4n) is 2.82. The van der Waals surface area contributed by atoms with E-state index in [0.717, 1.165) is 42.2 Å². The molecule has 2 aromatic rings. The number of benzene rings is 1. The van der Waals surface area contributed by atoms with E-state index in [9.17, 15) is 4.79 Å². The highest BCUT2D eigenvalue weighted by Crippen LogP contribution is 2.30. The number of carbonyl (C=O) groups excluding carboxylic acids is 1. The summed E-state index contributed by atoms with van der Waals surface area (Å²) >= 11 is 7.74. The quantitative estimate of drug-likeness (QED) is 0.921. The fraction of sp³-hybridized carbons (Fsp3) is 0.412. The molecule has 0 atom stereocenters. The van der Waals surface area contributed by atoms with E-state index in [1.54, 1.807) is 0 Å². The summed E-state index contributed by atoms with van der Waals surface area (Å²) in [7, 11) is 1.90. The fourth-order valence-corrected chi connectivity index (χ4v) is 3.96. The number of thiazole rings is 1. The zero-order chi connectivity index (χ0) is 16.2. The van der Waals surface area contributed by atoms with E-state index in [4.69, 9.17) is 11.6 Å². The maximum absolute atomic E-state index is 12.5. The normalized spacial score (nSPS) is 15.6. The average molecular weight is 350 g/mol. The number of carbonyl (C=O) groups is 1. The second-order valence-electron chi connectivity index (χ2n) is 5.79. The number of halogens is 1. The minimum Gasteiger partial charge on any atom is -0.342 e. The number of hydrogen-bond donors (Lipinski definition) is 1. The summed E-state index contributed by atoms with van der Waals surface area (Å²) in [5.74, 6) is 0.132. The molecule has 0 saturated carbocycles. The molecule has 1 amide bonds. The van der Waals surface area contributed by atoms with E-state index in [-0.39, 0.29) is 5.91 Å². The van der Waals surface area contributed by atoms with Crippen LogP contribution in [0.5, 0.6) is 0 Å². The maximum Gasteiger partial charge on any atom is 0.228 e. The lowest BCUT2D eigenvalue weighted by atomic mass is 10.0. The van der Waals surface area contributed by atoms with Crippen molar-refractivity contribution in [1.82, 2.24) is 15.2 Å². The summed E-state index contributed by atoms with van der Waals surface area (Å²) in [6.45, 7) is 1.96. The van der Waals surface area contributed by atoms with Gasteiger partial charge < -0.3 is 10.2 Å². The molecule has 1 N–H and O–H groups in total. The lowest BCUT2D eigenvalue weighted by Crippen LogP contribution is -2.44. The van der Waals surface area contributed by atoms with Gasteiger partial charge in [-0.3, -0.25) is 4.79 Å². The number of amides is 1. The number of hydrogen-bond acceptors (Lipinski definition) is 4. The Labute approximate surface area is 145 Å². The van der Waals surface area contributed by atoms with Gasteiger partial charge in [0.1, 0.15) is 5.01 Å². The molecule has 1 aliphatic heterocycles. The van der Waals surface area contributed by atoms with E-state index >= 15 is 0 Å². The largest absolute Gasteiger partial charge is 0.342 e. The molecular weight excluding hydrogens is 330 g/mol. The number of likely N-dealkylation sites (N-methyl/N-ethyl adjacent to an activating group) is 1. The predicted octanol–water partition coefficient (Wildman–Crippen LogP) is 3.22. The second-order valence-corrected chi connectivity index (χ2v) is 7.05. The highest BCUT2D eigenvalue weighted by atomic mass is 35.5. The Balaban J connectivity index is 1.66. The van der Waals surface area contributed by atoms with Crippen LogP contribution in [-0.4, -0.2) is 42.0 Å². The standard InChI is InChI=1S/C17H20ClN3OS/c1-21(13-6-8-19-9-7-13)16(22)10-12-11-23-17(20-12)14-4-2-3-5-15(14)18/h2-5,11,13,19H,6-10H2,1H3. The smallest absolute Gasteiger partial charge is 0.228 e. The summed E-state index contributed by atoms with van der Waals surface area (Å²) in [5, 5.41) is 6.83. The summed E-state index contributed by atoms with van der Waals surface area (Å²) in [4.78, 5) is 18.9. The number of nitrogens with one attached hydrogen (secondary N) is 1. The Bertz CT molecular complexity index is 682. The van der Waals surface area contributed by atoms with E-state index < -0.39 is 0 Å². The predicted molar refractivity (Wildman–Crippen MR) is 94.9 cm³/mol. The van der Waals surface area contributed by atoms with Crippen molar-refractivity contribution in [3.63, 3.8) is 0 Å². The summed E-state index contributed by atoms with van der Waals surface area (Å²) in [6, 6.07) is 7.99. The van der Waals surface area contributed by atoms with Crippen molar-refractivity contribution < 1.29 is 4.79 Å². The van der Waals surface area contributed by atoms with Crippen LogP contribution in [-0.2, 0) is 11.2 Å². The van der Waals surface area contributed by atoms with Crippen LogP contribution in [0.25, 0.3) is 10.6 Å². The second kappa shape index (κ2) is 7.43.